The van der Waals surface area contributed by atoms with Gasteiger partial charge in [-0.15, -0.1) is 0 Å². The zero-order valence-electron chi connectivity index (χ0n) is 12.5. The summed E-state index contributed by atoms with van der Waals surface area (Å²) in [6.07, 6.45) is 2.67. The number of aromatic amines is 1. The molecule has 0 aliphatic heterocycles. The molecule has 0 amide bonds. The van der Waals surface area contributed by atoms with Crippen molar-refractivity contribution in [2.24, 2.45) is 0 Å². The highest BCUT2D eigenvalue weighted by atomic mass is 16.1. The summed E-state index contributed by atoms with van der Waals surface area (Å²) in [4.78, 5) is 14.7. The number of aromatic nitrogens is 1. The first-order chi connectivity index (χ1) is 8.80. The van der Waals surface area contributed by atoms with E-state index in [1.54, 1.807) is 6.92 Å². The molecule has 1 N–H and O–H groups in total. The van der Waals surface area contributed by atoms with Crippen molar-refractivity contribution in [3.63, 3.8) is 0 Å². The van der Waals surface area contributed by atoms with Crippen molar-refractivity contribution in [3.05, 3.63) is 35.5 Å². The van der Waals surface area contributed by atoms with E-state index in [-0.39, 0.29) is 17.1 Å². The van der Waals surface area contributed by atoms with Gasteiger partial charge in [0.2, 0.25) is 0 Å². The molecule has 0 fully saturated rings. The van der Waals surface area contributed by atoms with E-state index in [0.29, 0.717) is 6.42 Å². The second kappa shape index (κ2) is 4.84. The van der Waals surface area contributed by atoms with Gasteiger partial charge in [0.15, 0.2) is 0 Å². The molecule has 19 heavy (non-hydrogen) atoms. The van der Waals surface area contributed by atoms with Crippen LogP contribution in [0.4, 0.5) is 0 Å². The van der Waals surface area contributed by atoms with E-state index < -0.39 is 0 Å². The molecular formula is C17H23NO. The van der Waals surface area contributed by atoms with Crippen LogP contribution >= 0.6 is 0 Å². The number of carbonyl (C=O) groups excluding carboxylic acids is 1. The lowest BCUT2D eigenvalue weighted by Gasteiger charge is -2.22. The van der Waals surface area contributed by atoms with Crippen LogP contribution < -0.4 is 0 Å². The molecule has 2 aromatic rings. The van der Waals surface area contributed by atoms with Gasteiger partial charge in [0, 0.05) is 23.5 Å². The molecule has 0 spiro atoms. The van der Waals surface area contributed by atoms with Crippen molar-refractivity contribution < 1.29 is 4.79 Å². The Labute approximate surface area is 115 Å². The minimum absolute atomic E-state index is 0.104. The van der Waals surface area contributed by atoms with E-state index in [0.717, 1.165) is 5.52 Å². The third-order valence-corrected chi connectivity index (χ3v) is 3.67. The number of ketones is 1. The van der Waals surface area contributed by atoms with Crippen molar-refractivity contribution >= 4 is 16.7 Å². The van der Waals surface area contributed by atoms with E-state index in [1.807, 2.05) is 0 Å². The summed E-state index contributed by atoms with van der Waals surface area (Å²) >= 11 is 0. The monoisotopic (exact) mass is 257 g/mol. The molecule has 0 saturated heterocycles. The number of carbonyl (C=O) groups is 1. The van der Waals surface area contributed by atoms with Crippen molar-refractivity contribution in [1.29, 1.82) is 0 Å². The smallest absolute Gasteiger partial charge is 0.130 e. The van der Waals surface area contributed by atoms with Crippen molar-refractivity contribution in [1.82, 2.24) is 4.98 Å². The van der Waals surface area contributed by atoms with E-state index in [1.165, 1.54) is 16.5 Å². The van der Waals surface area contributed by atoms with E-state index >= 15 is 0 Å². The number of rotatable bonds is 3. The second-order valence-corrected chi connectivity index (χ2v) is 6.53. The maximum atomic E-state index is 11.4. The third-order valence-electron chi connectivity index (χ3n) is 3.67. The van der Waals surface area contributed by atoms with Crippen molar-refractivity contribution in [2.75, 3.05) is 0 Å². The highest BCUT2D eigenvalue weighted by Gasteiger charge is 2.21. The van der Waals surface area contributed by atoms with E-state index in [9.17, 15) is 4.79 Å². The van der Waals surface area contributed by atoms with Crippen molar-refractivity contribution in [3.8, 4) is 0 Å². The van der Waals surface area contributed by atoms with Crippen LogP contribution in [0.25, 0.3) is 10.9 Å². The number of benzene rings is 1. The van der Waals surface area contributed by atoms with Gasteiger partial charge in [-0.05, 0) is 35.4 Å². The number of fused-ring (bicyclic) bond motifs is 1. The molecule has 1 heterocycles. The van der Waals surface area contributed by atoms with Gasteiger partial charge in [-0.3, -0.25) is 0 Å². The molecule has 0 radical (unpaired) electrons. The molecule has 102 valence electrons. The van der Waals surface area contributed by atoms with Crippen LogP contribution in [-0.2, 0) is 10.2 Å². The highest BCUT2D eigenvalue weighted by Crippen LogP contribution is 2.35. The molecule has 0 saturated carbocycles. The Kier molecular flexibility index (Phi) is 3.53. The molecule has 1 aromatic heterocycles. The first-order valence-corrected chi connectivity index (χ1v) is 6.90. The van der Waals surface area contributed by atoms with Gasteiger partial charge in [0.25, 0.3) is 0 Å². The molecule has 2 nitrogen and oxygen atoms in total. The van der Waals surface area contributed by atoms with E-state index in [2.05, 4.69) is 57.1 Å². The molecule has 0 aliphatic rings. The Morgan fingerprint density at radius 2 is 2.00 bits per heavy atom. The molecule has 0 bridgehead atoms. The number of H-pyrrole nitrogens is 1. The average Bonchev–Trinajstić information content (AvgIpc) is 2.69. The Hall–Kier alpha value is -1.57. The number of hydrogen-bond donors (Lipinski definition) is 1. The summed E-state index contributed by atoms with van der Waals surface area (Å²) in [6, 6.07) is 6.40. The van der Waals surface area contributed by atoms with Crippen LogP contribution in [-0.4, -0.2) is 10.8 Å². The fraction of sp³-hybridized carbons (Fsp3) is 0.471. The molecular weight excluding hydrogens is 234 g/mol. The summed E-state index contributed by atoms with van der Waals surface area (Å²) in [7, 11) is 0. The Morgan fingerprint density at radius 1 is 1.32 bits per heavy atom. The number of hydrogen-bond acceptors (Lipinski definition) is 1. The number of nitrogens with one attached hydrogen (secondary N) is 1. The van der Waals surface area contributed by atoms with Gasteiger partial charge in [-0.1, -0.05) is 39.8 Å². The van der Waals surface area contributed by atoms with Crippen LogP contribution in [0.2, 0.25) is 0 Å². The summed E-state index contributed by atoms with van der Waals surface area (Å²) in [5.74, 6) is 0.504. The zero-order chi connectivity index (χ0) is 14.2. The van der Waals surface area contributed by atoms with Crippen molar-refractivity contribution in [2.45, 2.75) is 52.4 Å². The quantitative estimate of drug-likeness (QED) is 0.859. The fourth-order valence-electron chi connectivity index (χ4n) is 2.77. The molecule has 2 heteroatoms. The van der Waals surface area contributed by atoms with Crippen LogP contribution in [0.3, 0.4) is 0 Å². The molecule has 2 rings (SSSR count). The predicted molar refractivity (Wildman–Crippen MR) is 80.7 cm³/mol. The van der Waals surface area contributed by atoms with Crippen LogP contribution in [0, 0.1) is 0 Å². The largest absolute Gasteiger partial charge is 0.361 e. The second-order valence-electron chi connectivity index (χ2n) is 6.53. The lowest BCUT2D eigenvalue weighted by Crippen LogP contribution is -2.12. The Morgan fingerprint density at radius 3 is 2.58 bits per heavy atom. The van der Waals surface area contributed by atoms with Gasteiger partial charge in [-0.25, -0.2) is 0 Å². The molecule has 1 atom stereocenters. The van der Waals surface area contributed by atoms with Gasteiger partial charge >= 0.3 is 0 Å². The lowest BCUT2D eigenvalue weighted by atomic mass is 9.82. The van der Waals surface area contributed by atoms with Crippen LogP contribution in [0.1, 0.15) is 58.1 Å². The lowest BCUT2D eigenvalue weighted by molar-refractivity contribution is -0.117. The van der Waals surface area contributed by atoms with E-state index in [4.69, 9.17) is 0 Å². The predicted octanol–water partition coefficient (Wildman–Crippen LogP) is 4.55. The summed E-state index contributed by atoms with van der Waals surface area (Å²) < 4.78 is 0. The van der Waals surface area contributed by atoms with Gasteiger partial charge < -0.3 is 9.78 Å². The maximum absolute atomic E-state index is 11.4. The van der Waals surface area contributed by atoms with Gasteiger partial charge in [0.05, 0.1) is 0 Å². The van der Waals surface area contributed by atoms with Crippen LogP contribution in [0.15, 0.2) is 24.4 Å². The standard InChI is InChI=1S/C17H23NO/c1-11(9-12(2)19)13-10-18-15-8-6-7-14(16(13)15)17(3,4)5/h6-8,10-11,18H,9H2,1-5H3. The SMILES string of the molecule is CC(=O)CC(C)c1c[nH]c2cccc(C(C)(C)C)c12. The topological polar surface area (TPSA) is 32.9 Å². The Bertz CT molecular complexity index is 601. The summed E-state index contributed by atoms with van der Waals surface area (Å²) in [5.41, 5.74) is 3.87. The van der Waals surface area contributed by atoms with Gasteiger partial charge in [-0.2, -0.15) is 0 Å². The normalized spacial score (nSPS) is 13.7. The van der Waals surface area contributed by atoms with Crippen LogP contribution in [0.5, 0.6) is 0 Å². The fourth-order valence-corrected chi connectivity index (χ4v) is 2.77. The highest BCUT2D eigenvalue weighted by molar-refractivity contribution is 5.89. The number of Topliss-reactive ketones (excluding diaryl/α,β-unsaturated/α-hetero) is 1. The first-order valence-electron chi connectivity index (χ1n) is 6.90. The average molecular weight is 257 g/mol. The first kappa shape index (κ1) is 13.9. The zero-order valence-corrected chi connectivity index (χ0v) is 12.5. The summed E-state index contributed by atoms with van der Waals surface area (Å²) in [6.45, 7) is 10.5. The molecule has 0 aliphatic carbocycles. The molecule has 1 aromatic carbocycles. The Balaban J connectivity index is 2.60. The minimum Gasteiger partial charge on any atom is -0.361 e. The van der Waals surface area contributed by atoms with Gasteiger partial charge in [0.1, 0.15) is 5.78 Å². The maximum Gasteiger partial charge on any atom is 0.130 e. The minimum atomic E-state index is 0.104. The third kappa shape index (κ3) is 2.73. The molecule has 1 unspecified atom stereocenters. The summed E-state index contributed by atoms with van der Waals surface area (Å²) in [5, 5.41) is 1.30.